The van der Waals surface area contributed by atoms with Gasteiger partial charge in [-0.15, -0.1) is 0 Å². The Hall–Kier alpha value is -0.120. The van der Waals surface area contributed by atoms with Crippen LogP contribution in [-0.4, -0.2) is 32.1 Å². The average molecular weight is 172 g/mol. The number of hydrogen-bond acceptors (Lipinski definition) is 2. The molecule has 2 aliphatic heterocycles. The van der Waals surface area contributed by atoms with Crippen molar-refractivity contribution >= 4 is 0 Å². The summed E-state index contributed by atoms with van der Waals surface area (Å²) in [5, 5.41) is 2.31. The second-order valence-corrected chi connectivity index (χ2v) is 3.66. The lowest BCUT2D eigenvalue weighted by molar-refractivity contribution is -0.639. The van der Waals surface area contributed by atoms with E-state index in [1.165, 1.54) is 25.8 Å². The Morgan fingerprint density at radius 1 is 1.25 bits per heavy atom. The molecule has 12 heavy (non-hydrogen) atoms. The third kappa shape index (κ3) is 2.19. The van der Waals surface area contributed by atoms with Crippen molar-refractivity contribution in [2.75, 3.05) is 19.7 Å². The van der Waals surface area contributed by atoms with E-state index >= 15 is 0 Å². The Balaban J connectivity index is 1.69. The molecular formula is C9H18NO2+. The summed E-state index contributed by atoms with van der Waals surface area (Å²) in [4.78, 5) is 0. The van der Waals surface area contributed by atoms with Gasteiger partial charge in [-0.2, -0.15) is 0 Å². The summed E-state index contributed by atoms with van der Waals surface area (Å²) in [5.41, 5.74) is 0. The van der Waals surface area contributed by atoms with E-state index in [2.05, 4.69) is 5.32 Å². The van der Waals surface area contributed by atoms with Crippen LogP contribution in [0.25, 0.3) is 0 Å². The molecule has 0 aromatic heterocycles. The summed E-state index contributed by atoms with van der Waals surface area (Å²) in [5.74, 6) is 0. The van der Waals surface area contributed by atoms with Gasteiger partial charge in [0, 0.05) is 13.0 Å². The highest BCUT2D eigenvalue weighted by atomic mass is 16.7. The quantitative estimate of drug-likeness (QED) is 0.629. The molecule has 3 nitrogen and oxygen atoms in total. The zero-order chi connectivity index (χ0) is 8.23. The van der Waals surface area contributed by atoms with Crippen molar-refractivity contribution in [3.8, 4) is 0 Å². The van der Waals surface area contributed by atoms with Crippen molar-refractivity contribution < 1.29 is 14.8 Å². The maximum Gasteiger partial charge on any atom is 0.158 e. The molecule has 0 bridgehead atoms. The molecule has 0 aromatic carbocycles. The molecule has 0 radical (unpaired) electrons. The molecule has 2 rings (SSSR count). The molecule has 2 N–H and O–H groups in total. The lowest BCUT2D eigenvalue weighted by Crippen LogP contribution is -2.81. The van der Waals surface area contributed by atoms with E-state index in [9.17, 15) is 0 Å². The van der Waals surface area contributed by atoms with Gasteiger partial charge in [0.2, 0.25) is 0 Å². The maximum atomic E-state index is 5.80. The van der Waals surface area contributed by atoms with Gasteiger partial charge in [-0.3, -0.25) is 0 Å². The van der Waals surface area contributed by atoms with Crippen LogP contribution in [0.4, 0.5) is 0 Å². The molecule has 2 atom stereocenters. The van der Waals surface area contributed by atoms with Crippen molar-refractivity contribution in [1.29, 1.82) is 0 Å². The Bertz CT molecular complexity index is 128. The summed E-state index contributed by atoms with van der Waals surface area (Å²) >= 11 is 0. The highest BCUT2D eigenvalue weighted by Crippen LogP contribution is 2.16. The molecule has 70 valence electrons. The fraction of sp³-hybridized carbons (Fsp3) is 1.00. The summed E-state index contributed by atoms with van der Waals surface area (Å²) in [6, 6.07) is 0. The summed E-state index contributed by atoms with van der Waals surface area (Å²) in [7, 11) is 0. The van der Waals surface area contributed by atoms with E-state index in [-0.39, 0.29) is 6.29 Å². The lowest BCUT2D eigenvalue weighted by atomic mass is 10.2. The summed E-state index contributed by atoms with van der Waals surface area (Å²) in [6.45, 7) is 3.23. The standard InChI is InChI=1S/C9H17NO2/c1-2-6-11-9(3-1)12-8-4-5-10-7-8/h8-10H,1-7H2/p+1/t8-,9-/m0/s1. The topological polar surface area (TPSA) is 35.1 Å². The monoisotopic (exact) mass is 172 g/mol. The van der Waals surface area contributed by atoms with Crippen LogP contribution in [0.5, 0.6) is 0 Å². The van der Waals surface area contributed by atoms with Crippen molar-refractivity contribution in [2.24, 2.45) is 0 Å². The predicted octanol–water partition coefficient (Wildman–Crippen LogP) is -0.135. The van der Waals surface area contributed by atoms with Crippen molar-refractivity contribution in [3.05, 3.63) is 0 Å². The second kappa shape index (κ2) is 4.21. The fourth-order valence-corrected chi connectivity index (χ4v) is 1.88. The van der Waals surface area contributed by atoms with Crippen LogP contribution in [0.3, 0.4) is 0 Å². The molecular weight excluding hydrogens is 154 g/mol. The van der Waals surface area contributed by atoms with Gasteiger partial charge >= 0.3 is 0 Å². The molecule has 3 heteroatoms. The number of quaternary nitrogens is 1. The Kier molecular flexibility index (Phi) is 2.98. The zero-order valence-corrected chi connectivity index (χ0v) is 7.50. The Labute approximate surface area is 73.4 Å². The molecule has 2 heterocycles. The highest BCUT2D eigenvalue weighted by molar-refractivity contribution is 4.62. The van der Waals surface area contributed by atoms with Crippen LogP contribution >= 0.6 is 0 Å². The SMILES string of the molecule is C1CC[C@H](O[C@H]2CC[NH2+]C2)OC1. The van der Waals surface area contributed by atoms with Gasteiger partial charge in [-0.1, -0.05) is 0 Å². The molecule has 2 saturated heterocycles. The van der Waals surface area contributed by atoms with Gasteiger partial charge in [-0.25, -0.2) is 0 Å². The Morgan fingerprint density at radius 2 is 2.25 bits per heavy atom. The lowest BCUT2D eigenvalue weighted by Gasteiger charge is -2.24. The van der Waals surface area contributed by atoms with E-state index in [1.807, 2.05) is 0 Å². The zero-order valence-electron chi connectivity index (χ0n) is 7.50. The van der Waals surface area contributed by atoms with Gasteiger partial charge in [0.1, 0.15) is 12.6 Å². The van der Waals surface area contributed by atoms with Gasteiger partial charge in [0.05, 0.1) is 6.54 Å². The van der Waals surface area contributed by atoms with E-state index in [0.717, 1.165) is 19.6 Å². The van der Waals surface area contributed by atoms with Crippen LogP contribution in [0.2, 0.25) is 0 Å². The first-order chi connectivity index (χ1) is 5.95. The fourth-order valence-electron chi connectivity index (χ4n) is 1.88. The largest absolute Gasteiger partial charge is 0.353 e. The molecule has 0 saturated carbocycles. The van der Waals surface area contributed by atoms with Gasteiger partial charge in [0.25, 0.3) is 0 Å². The normalized spacial score (nSPS) is 37.0. The maximum absolute atomic E-state index is 5.80. The molecule has 2 aliphatic rings. The third-order valence-electron chi connectivity index (χ3n) is 2.60. The first-order valence-electron chi connectivity index (χ1n) is 5.04. The molecule has 0 amide bonds. The predicted molar refractivity (Wildman–Crippen MR) is 44.7 cm³/mol. The minimum Gasteiger partial charge on any atom is -0.353 e. The molecule has 0 unspecified atom stereocenters. The summed E-state index contributed by atoms with van der Waals surface area (Å²) in [6.07, 6.45) is 5.32. The Morgan fingerprint density at radius 3 is 2.92 bits per heavy atom. The molecule has 2 fully saturated rings. The summed E-state index contributed by atoms with van der Waals surface area (Å²) < 4.78 is 11.3. The smallest absolute Gasteiger partial charge is 0.158 e. The molecule has 0 aromatic rings. The number of nitrogens with two attached hydrogens (primary N) is 1. The van der Waals surface area contributed by atoms with Crippen LogP contribution < -0.4 is 5.32 Å². The van der Waals surface area contributed by atoms with E-state index in [0.29, 0.717) is 6.10 Å². The second-order valence-electron chi connectivity index (χ2n) is 3.66. The number of ether oxygens (including phenoxy) is 2. The first-order valence-corrected chi connectivity index (χ1v) is 5.04. The number of hydrogen-bond donors (Lipinski definition) is 1. The minimum absolute atomic E-state index is 0.107. The van der Waals surface area contributed by atoms with Crippen LogP contribution in [0.15, 0.2) is 0 Å². The van der Waals surface area contributed by atoms with Crippen molar-refractivity contribution in [2.45, 2.75) is 38.1 Å². The van der Waals surface area contributed by atoms with E-state index in [4.69, 9.17) is 9.47 Å². The minimum atomic E-state index is 0.107. The van der Waals surface area contributed by atoms with Crippen molar-refractivity contribution in [1.82, 2.24) is 0 Å². The molecule has 0 spiro atoms. The van der Waals surface area contributed by atoms with E-state index in [1.54, 1.807) is 0 Å². The van der Waals surface area contributed by atoms with Gasteiger partial charge < -0.3 is 14.8 Å². The van der Waals surface area contributed by atoms with E-state index < -0.39 is 0 Å². The van der Waals surface area contributed by atoms with Crippen molar-refractivity contribution in [3.63, 3.8) is 0 Å². The first kappa shape index (κ1) is 8.48. The highest BCUT2D eigenvalue weighted by Gasteiger charge is 2.24. The average Bonchev–Trinajstić information content (AvgIpc) is 2.59. The number of rotatable bonds is 2. The van der Waals surface area contributed by atoms with Crippen LogP contribution in [0.1, 0.15) is 25.7 Å². The third-order valence-corrected chi connectivity index (χ3v) is 2.60. The van der Waals surface area contributed by atoms with Crippen LogP contribution in [0, 0.1) is 0 Å². The van der Waals surface area contributed by atoms with Gasteiger partial charge in [0.15, 0.2) is 6.29 Å². The van der Waals surface area contributed by atoms with Gasteiger partial charge in [-0.05, 0) is 19.3 Å². The molecule has 0 aliphatic carbocycles. The van der Waals surface area contributed by atoms with Crippen LogP contribution in [-0.2, 0) is 9.47 Å².